The van der Waals surface area contributed by atoms with Gasteiger partial charge in [-0.15, -0.1) is 10.2 Å². The van der Waals surface area contributed by atoms with E-state index in [0.29, 0.717) is 16.5 Å². The number of azo groups is 1. The Morgan fingerprint density at radius 2 is 1.46 bits per heavy atom. The molecule has 0 atom stereocenters. The number of benzene rings is 4. The van der Waals surface area contributed by atoms with Crippen molar-refractivity contribution in [1.29, 1.82) is 0 Å². The molecule has 5 aromatic rings. The first kappa shape index (κ1) is 28.6. The molecule has 0 bridgehead atoms. The second kappa shape index (κ2) is 11.4. The first-order valence-electron chi connectivity index (χ1n) is 12.0. The fourth-order valence-electron chi connectivity index (χ4n) is 4.61. The average molecular weight is 547 g/mol. The van der Waals surface area contributed by atoms with Crippen LogP contribution in [0.1, 0.15) is 16.7 Å². The van der Waals surface area contributed by atoms with Crippen LogP contribution in [0.25, 0.3) is 33.2 Å². The molecule has 5 rings (SSSR count). The van der Waals surface area contributed by atoms with E-state index < -0.39 is 10.1 Å². The Balaban J connectivity index is 0.00000353. The second-order valence-electron chi connectivity index (χ2n) is 9.36. The third-order valence-electron chi connectivity index (χ3n) is 6.31. The van der Waals surface area contributed by atoms with Gasteiger partial charge in [0.2, 0.25) is 0 Å². The molecule has 0 spiro atoms. The third kappa shape index (κ3) is 6.11. The number of hydrogen-bond acceptors (Lipinski definition) is 6. The monoisotopic (exact) mass is 546 g/mol. The number of aromatic nitrogens is 1. The van der Waals surface area contributed by atoms with E-state index in [2.05, 4.69) is 65.5 Å². The minimum atomic E-state index is -4.49. The van der Waals surface area contributed by atoms with Gasteiger partial charge in [-0.25, -0.2) is 0 Å². The van der Waals surface area contributed by atoms with Crippen molar-refractivity contribution < 1.29 is 13.0 Å². The summed E-state index contributed by atoms with van der Waals surface area (Å²) >= 11 is 0. The first-order chi connectivity index (χ1) is 18.1. The van der Waals surface area contributed by atoms with Gasteiger partial charge in [0, 0.05) is 16.3 Å². The van der Waals surface area contributed by atoms with Crippen LogP contribution in [-0.4, -0.2) is 47.5 Å². The Morgan fingerprint density at radius 1 is 0.769 bits per heavy atom. The summed E-state index contributed by atoms with van der Waals surface area (Å²) in [4.78, 5) is 4.37. The topological polar surface area (TPSA) is 118 Å². The van der Waals surface area contributed by atoms with E-state index in [4.69, 9.17) is 5.73 Å². The zero-order chi connectivity index (χ0) is 27.0. The molecule has 0 amide bonds. The van der Waals surface area contributed by atoms with E-state index in [1.54, 1.807) is 36.5 Å². The number of hydrogen-bond donors (Lipinski definition) is 2. The Bertz CT molecular complexity index is 1820. The summed E-state index contributed by atoms with van der Waals surface area (Å²) in [6.45, 7) is 6.22. The molecule has 0 unspecified atom stereocenters. The van der Waals surface area contributed by atoms with E-state index in [1.165, 1.54) is 17.2 Å². The number of aryl methyl sites for hydroxylation is 3. The summed E-state index contributed by atoms with van der Waals surface area (Å²) in [6.07, 6.45) is 1.60. The van der Waals surface area contributed by atoms with Crippen LogP contribution in [0, 0.1) is 20.8 Å². The minimum absolute atomic E-state index is 0. The van der Waals surface area contributed by atoms with Crippen LogP contribution in [0.2, 0.25) is 0 Å². The van der Waals surface area contributed by atoms with Gasteiger partial charge in [-0.2, -0.15) is 8.42 Å². The molecule has 0 saturated carbocycles. The third-order valence-corrected chi connectivity index (χ3v) is 7.20. The van der Waals surface area contributed by atoms with Crippen molar-refractivity contribution in [1.82, 2.24) is 4.98 Å². The van der Waals surface area contributed by atoms with E-state index in [1.807, 2.05) is 13.0 Å². The summed E-state index contributed by atoms with van der Waals surface area (Å²) in [5.41, 5.74) is 14.7. The van der Waals surface area contributed by atoms with Gasteiger partial charge in [0.15, 0.2) is 0 Å². The van der Waals surface area contributed by atoms with Gasteiger partial charge < -0.3 is 5.73 Å². The molecule has 0 fully saturated rings. The predicted octanol–water partition coefficient (Wildman–Crippen LogP) is 7.09. The Hall–Kier alpha value is -3.40. The van der Waals surface area contributed by atoms with Crippen molar-refractivity contribution in [2.24, 2.45) is 10.2 Å². The van der Waals surface area contributed by atoms with Crippen molar-refractivity contribution in [3.8, 4) is 22.4 Å². The molecular weight excluding hydrogens is 519 g/mol. The number of fused-ring (bicyclic) bond motifs is 1. The van der Waals surface area contributed by atoms with Crippen LogP contribution in [0.4, 0.5) is 17.1 Å². The van der Waals surface area contributed by atoms with Crippen LogP contribution < -0.4 is 5.73 Å². The number of nitrogens with two attached hydrogens (primary N) is 1. The summed E-state index contributed by atoms with van der Waals surface area (Å²) in [7, 11) is -4.49. The van der Waals surface area contributed by atoms with Gasteiger partial charge in [0.1, 0.15) is 16.3 Å². The van der Waals surface area contributed by atoms with Gasteiger partial charge in [-0.05, 0) is 56.2 Å². The van der Waals surface area contributed by atoms with E-state index in [-0.39, 0.29) is 45.8 Å². The molecule has 0 aliphatic carbocycles. The molecule has 4 aromatic carbocycles. The number of rotatable bonds is 5. The summed E-state index contributed by atoms with van der Waals surface area (Å²) < 4.78 is 33.7. The number of pyridine rings is 1. The van der Waals surface area contributed by atoms with Crippen molar-refractivity contribution in [3.05, 3.63) is 102 Å². The molecule has 0 aliphatic rings. The molecule has 0 aliphatic heterocycles. The molecular formula is C30H27N4NaO3S. The molecule has 192 valence electrons. The molecule has 9 heteroatoms. The van der Waals surface area contributed by atoms with Crippen LogP contribution in [0.15, 0.2) is 100 Å². The fraction of sp³-hybridized carbons (Fsp3) is 0.100. The zero-order valence-corrected chi connectivity index (χ0v) is 22.0. The fourth-order valence-corrected chi connectivity index (χ4v) is 5.33. The second-order valence-corrected chi connectivity index (χ2v) is 10.7. The molecule has 0 saturated heterocycles. The predicted molar refractivity (Wildman–Crippen MR) is 159 cm³/mol. The molecule has 7 nitrogen and oxygen atoms in total. The quantitative estimate of drug-likeness (QED) is 0.106. The maximum atomic E-state index is 12.0. The standard InChI is InChI=1S/C30H26N4O3S.Na.H/c1-18-8-10-23(21-13-19(2)12-20(3)14-21)26(15-18)27-11-9-22(17-32-27)33-34-28-16-29(38(35,36)37)24-6-4-5-7-25(24)30(28)31;;/h4-17H,31H2,1-3H3,(H,35,36,37);;. The number of anilines is 1. The van der Waals surface area contributed by atoms with Crippen molar-refractivity contribution in [2.75, 3.05) is 5.73 Å². The van der Waals surface area contributed by atoms with Crippen molar-refractivity contribution in [3.63, 3.8) is 0 Å². The Kier molecular flexibility index (Phi) is 8.34. The van der Waals surface area contributed by atoms with Crippen molar-refractivity contribution >= 4 is 67.5 Å². The van der Waals surface area contributed by atoms with Gasteiger partial charge in [0.25, 0.3) is 10.1 Å². The molecule has 1 heterocycles. The number of nitrogen functional groups attached to an aromatic ring is 1. The van der Waals surface area contributed by atoms with Crippen LogP contribution in [0.5, 0.6) is 0 Å². The summed E-state index contributed by atoms with van der Waals surface area (Å²) in [5.74, 6) is 0. The van der Waals surface area contributed by atoms with E-state index in [0.717, 1.165) is 27.9 Å². The average Bonchev–Trinajstić information content (AvgIpc) is 2.87. The summed E-state index contributed by atoms with van der Waals surface area (Å²) in [6, 6.07) is 24.3. The van der Waals surface area contributed by atoms with Crippen LogP contribution in [0.3, 0.4) is 0 Å². The maximum absolute atomic E-state index is 12.0. The molecule has 39 heavy (non-hydrogen) atoms. The van der Waals surface area contributed by atoms with Crippen LogP contribution in [-0.2, 0) is 10.1 Å². The van der Waals surface area contributed by atoms with E-state index >= 15 is 0 Å². The summed E-state index contributed by atoms with van der Waals surface area (Å²) in [5, 5.41) is 9.19. The Morgan fingerprint density at radius 3 is 2.10 bits per heavy atom. The van der Waals surface area contributed by atoms with Gasteiger partial charge in [-0.1, -0.05) is 71.3 Å². The normalized spacial score (nSPS) is 11.6. The Labute approximate surface area is 249 Å². The molecule has 1 aromatic heterocycles. The van der Waals surface area contributed by atoms with E-state index in [9.17, 15) is 13.0 Å². The number of nitrogens with zero attached hydrogens (tertiary/aromatic N) is 3. The van der Waals surface area contributed by atoms with Gasteiger partial charge in [-0.3, -0.25) is 9.54 Å². The SMILES string of the molecule is Cc1cc(C)cc(-c2ccc(C)cc2-c2ccc(N=Nc3cc(S(=O)(=O)O)c4ccccc4c3N)cn2)c1.[NaH]. The van der Waals surface area contributed by atoms with Crippen LogP contribution >= 0.6 is 0 Å². The first-order valence-corrected chi connectivity index (χ1v) is 13.4. The van der Waals surface area contributed by atoms with Gasteiger partial charge >= 0.3 is 29.6 Å². The van der Waals surface area contributed by atoms with Gasteiger partial charge in [0.05, 0.1) is 17.6 Å². The molecule has 0 radical (unpaired) electrons. The van der Waals surface area contributed by atoms with Crippen molar-refractivity contribution in [2.45, 2.75) is 25.7 Å². The zero-order valence-electron chi connectivity index (χ0n) is 21.2. The molecule has 3 N–H and O–H groups in total.